The van der Waals surface area contributed by atoms with E-state index >= 15 is 0 Å². The van der Waals surface area contributed by atoms with Crippen molar-refractivity contribution in [2.24, 2.45) is 128 Å². The molecule has 9 atom stereocenters. The highest BCUT2D eigenvalue weighted by Crippen LogP contribution is 2.55. The van der Waals surface area contributed by atoms with Crippen molar-refractivity contribution in [1.82, 2.24) is 0 Å². The van der Waals surface area contributed by atoms with Crippen molar-refractivity contribution in [2.75, 3.05) is 0 Å². The average Bonchev–Trinajstić information content (AvgIpc) is 1.70. The molecule has 0 radical (unpaired) electrons. The number of benzene rings is 1. The quantitative estimate of drug-likeness (QED) is 0.0674. The average molecular weight is 1780 g/mol. The summed E-state index contributed by atoms with van der Waals surface area (Å²) in [5.41, 5.74) is 18.8. The third-order valence-corrected chi connectivity index (χ3v) is 34.6. The van der Waals surface area contributed by atoms with Gasteiger partial charge in [-0.1, -0.05) is 475 Å². The summed E-state index contributed by atoms with van der Waals surface area (Å²) in [5.74, 6) is 4.96. The normalized spacial score (nSPS) is 19.2. The van der Waals surface area contributed by atoms with Crippen LogP contribution in [-0.4, -0.2) is 0 Å². The van der Waals surface area contributed by atoms with Gasteiger partial charge in [0.2, 0.25) is 0 Å². The van der Waals surface area contributed by atoms with E-state index in [2.05, 4.69) is 485 Å². The smallest absolute Gasteiger partial charge is 0.00977 e. The molecule has 6 unspecified atom stereocenters. The van der Waals surface area contributed by atoms with Crippen molar-refractivity contribution in [3.63, 3.8) is 0 Å². The van der Waals surface area contributed by atoms with Gasteiger partial charge in [0, 0.05) is 0 Å². The van der Waals surface area contributed by atoms with E-state index < -0.39 is 0 Å². The van der Waals surface area contributed by atoms with Crippen LogP contribution in [0.2, 0.25) is 0 Å². The molecule has 0 aromatic heterocycles. The maximum atomic E-state index is 4.04. The Labute approximate surface area is 812 Å². The minimum atomic E-state index is 0.212. The summed E-state index contributed by atoms with van der Waals surface area (Å²) in [5, 5.41) is 0. The van der Waals surface area contributed by atoms with Crippen LogP contribution in [0.4, 0.5) is 0 Å². The summed E-state index contributed by atoms with van der Waals surface area (Å²) in [4.78, 5) is 0. The predicted molar refractivity (Wildman–Crippen MR) is 598 cm³/mol. The Hall–Kier alpha value is -3.38. The van der Waals surface area contributed by atoms with Gasteiger partial charge in [-0.2, -0.15) is 0 Å². The van der Waals surface area contributed by atoms with E-state index in [4.69, 9.17) is 0 Å². The molecule has 0 aliphatic heterocycles. The minimum Gasteiger partial charge on any atom is -0.103 e. The molecule has 3 aliphatic carbocycles. The van der Waals surface area contributed by atoms with E-state index in [1.54, 1.807) is 5.57 Å². The first-order chi connectivity index (χ1) is 57.3. The van der Waals surface area contributed by atoms with Crippen LogP contribution in [0, 0.1) is 128 Å². The lowest BCUT2D eigenvalue weighted by Gasteiger charge is -2.46. The molecule has 0 amide bonds. The lowest BCUT2D eigenvalue weighted by Crippen LogP contribution is -2.37. The van der Waals surface area contributed by atoms with E-state index in [-0.39, 0.29) is 21.7 Å². The summed E-state index contributed by atoms with van der Waals surface area (Å²) >= 11 is 0. The van der Waals surface area contributed by atoms with Gasteiger partial charge in [0.1, 0.15) is 0 Å². The van der Waals surface area contributed by atoms with Crippen LogP contribution in [0.25, 0.3) is 0 Å². The lowest BCUT2D eigenvalue weighted by atomic mass is 9.59. The molecule has 0 N–H and O–H groups in total. The zero-order valence-electron chi connectivity index (χ0n) is 98.6. The van der Waals surface area contributed by atoms with Gasteiger partial charge in [-0.05, 0) is 316 Å². The Morgan fingerprint density at radius 2 is 0.781 bits per heavy atom. The summed E-state index contributed by atoms with van der Waals surface area (Å²) in [6.07, 6.45) is 52.4. The van der Waals surface area contributed by atoms with Crippen molar-refractivity contribution in [3.8, 4) is 0 Å². The van der Waals surface area contributed by atoms with Crippen molar-refractivity contribution in [1.29, 1.82) is 0 Å². The second-order valence-electron chi connectivity index (χ2n) is 55.6. The fourth-order valence-corrected chi connectivity index (χ4v) is 16.2. The summed E-state index contributed by atoms with van der Waals surface area (Å²) in [6, 6.07) is 10.7. The maximum Gasteiger partial charge on any atom is -0.00977 e. The predicted octanol–water partition coefficient (Wildman–Crippen LogP) is 44.7. The largest absolute Gasteiger partial charge is 0.103 e. The van der Waals surface area contributed by atoms with E-state index in [0.29, 0.717) is 76.3 Å². The maximum absolute atomic E-state index is 4.04. The van der Waals surface area contributed by atoms with E-state index in [9.17, 15) is 0 Å². The first-order valence-electron chi connectivity index (χ1n) is 52.8. The molecular formula is C128H240. The van der Waals surface area contributed by atoms with Crippen molar-refractivity contribution < 1.29 is 0 Å². The van der Waals surface area contributed by atoms with Gasteiger partial charge >= 0.3 is 0 Å². The molecule has 0 saturated carbocycles. The van der Waals surface area contributed by atoms with Crippen molar-refractivity contribution >= 4 is 0 Å². The second kappa shape index (κ2) is 57.6. The topological polar surface area (TPSA) is 0 Å². The molecule has 3 aliphatic rings. The Morgan fingerprint density at radius 1 is 0.398 bits per heavy atom. The van der Waals surface area contributed by atoms with Gasteiger partial charge in [0.25, 0.3) is 0 Å². The molecule has 1 aromatic rings. The van der Waals surface area contributed by atoms with Gasteiger partial charge in [-0.15, -0.1) is 26.3 Å². The van der Waals surface area contributed by atoms with Crippen LogP contribution in [0.3, 0.4) is 0 Å². The molecule has 0 bridgehead atoms. The van der Waals surface area contributed by atoms with Gasteiger partial charge in [0.05, 0.1) is 0 Å². The second-order valence-corrected chi connectivity index (χ2v) is 55.6. The summed E-state index contributed by atoms with van der Waals surface area (Å²) in [7, 11) is 0. The molecule has 0 fully saturated rings. The fourth-order valence-electron chi connectivity index (χ4n) is 16.2. The first kappa shape index (κ1) is 133. The van der Waals surface area contributed by atoms with Crippen LogP contribution in [-0.2, 0) is 6.42 Å². The molecule has 0 spiro atoms. The van der Waals surface area contributed by atoms with E-state index in [0.717, 1.165) is 48.9 Å². The zero-order chi connectivity index (χ0) is 102. The highest BCUT2D eigenvalue weighted by Gasteiger charge is 2.45. The van der Waals surface area contributed by atoms with Gasteiger partial charge in [0.15, 0.2) is 0 Å². The van der Waals surface area contributed by atoms with Crippen molar-refractivity contribution in [3.05, 3.63) is 156 Å². The highest BCUT2D eigenvalue weighted by molar-refractivity contribution is 5.27. The number of rotatable bonds is 30. The number of hydrogen-bond donors (Lipinski definition) is 0. The lowest BCUT2D eigenvalue weighted by molar-refractivity contribution is 0.0471. The highest BCUT2D eigenvalue weighted by atomic mass is 14.5. The third-order valence-electron chi connectivity index (χ3n) is 34.6. The van der Waals surface area contributed by atoms with Crippen LogP contribution >= 0.6 is 0 Å². The molecule has 0 heteroatoms. The van der Waals surface area contributed by atoms with Crippen LogP contribution in [0.1, 0.15) is 534 Å². The fraction of sp³-hybridized carbons (Fsp3) is 0.797. The first-order valence-corrected chi connectivity index (χ1v) is 52.8. The van der Waals surface area contributed by atoms with Crippen molar-refractivity contribution in [2.45, 2.75) is 534 Å². The molecule has 128 heavy (non-hydrogen) atoms. The van der Waals surface area contributed by atoms with Crippen LogP contribution < -0.4 is 0 Å². The molecule has 0 heterocycles. The third kappa shape index (κ3) is 52.1. The van der Waals surface area contributed by atoms with Gasteiger partial charge in [-0.3, -0.25) is 0 Å². The Bertz CT molecular complexity index is 3360. The Balaban J connectivity index is -0.000000448. The molecule has 1 aromatic carbocycles. The monoisotopic (exact) mass is 1780 g/mol. The van der Waals surface area contributed by atoms with Gasteiger partial charge < -0.3 is 0 Å². The Morgan fingerprint density at radius 3 is 1.12 bits per heavy atom. The van der Waals surface area contributed by atoms with Crippen LogP contribution in [0.5, 0.6) is 0 Å². The molecule has 4 rings (SSSR count). The molecule has 752 valence electrons. The minimum absolute atomic E-state index is 0.212. The summed E-state index contributed by atoms with van der Waals surface area (Å²) < 4.78 is 0. The molecule has 0 nitrogen and oxygen atoms in total. The van der Waals surface area contributed by atoms with Crippen LogP contribution in [0.15, 0.2) is 150 Å². The molecular weight excluding hydrogens is 1540 g/mol. The van der Waals surface area contributed by atoms with Gasteiger partial charge in [-0.25, -0.2) is 0 Å². The molecule has 0 saturated heterocycles. The standard InChI is InChI=1S/2C19H34.C15H28.C14H26.C14H22.C14H28.C14H30.C14H26.C5H12/c1-13-8-10-15(19(6,7)18(3,4)5)12-17-14(2)9-11-16(13)17;1-9-19(8,18(5,6)7)15-11-14-17(4)13-10-12-16(2)3;1-8-13(3)11-10-12-15(7,9-2)14(4,5)6;1-11-7-9-12(10-8-11)14(5,6)13(2,3)4;1-13(2,3)14(4,5)11-12-9-7-6-8-10-12;1-8-12(2)10-9-11-14(6,7)13(3,4)5;2*1-8-14(7,13(4,5)6)11-9-10-12(2)3;1-5(2,3)4/h13-15H,8-12H2,1-7H3;9,12,14H,1,10-11,13,15H2,2-8H3;9,11H,2,8,10,12H2,1,3-7H3;7,12H,8-10H2,1-6H3;6-10H,11H2,1-5H3;8,12H,1,9-11H2,2-7H3;12H,8-11H2,1-7H3;8,10H,1,9,11H2,2-7H3;1-4H3/b;17-14-;13-11+;;;;;;/t13-,14-,15+;;;;;;;;/m0......../s1. The zero-order valence-corrected chi connectivity index (χ0v) is 98.6. The van der Waals surface area contributed by atoms with E-state index in [1.165, 1.54) is 169 Å². The SMILES string of the molecule is C=CC(C)(CC/C=C(/C)CCC=C(C)C)C(C)(C)C.C=CC(C)(CC/C=C(\C)CC)C(C)(C)C.C=CC(C)(CCC=C(C)C)C(C)(C)C.C=CC(C)CCCC(C)(C)C(C)(C)C.CC(C)(C)C.CC(C)(C)C(C)(C)Cc1ccccc1.CC1=CCC(C(C)(C)C(C)(C)C)CC1.CCC(C)(CCCC(C)C)C(C)(C)C.C[C@H]1CC[C@@H](C(C)(C)C(C)(C)C)CC2=C1CC[C@@H]2C. The number of hydrogen-bond acceptors (Lipinski definition) is 0. The van der Waals surface area contributed by atoms with E-state index in [1.807, 2.05) is 11.1 Å². The Kier molecular flexibility index (Phi) is 59.9. The number of allylic oxidation sites excluding steroid dienone is 16. The summed E-state index contributed by atoms with van der Waals surface area (Å²) in [6.45, 7) is 141.